The van der Waals surface area contributed by atoms with Crippen molar-refractivity contribution in [2.45, 2.75) is 167 Å². The second-order valence-electron chi connectivity index (χ2n) is 13.6. The molecule has 0 spiro atoms. The van der Waals surface area contributed by atoms with Gasteiger partial charge in [-0.1, -0.05) is 172 Å². The summed E-state index contributed by atoms with van der Waals surface area (Å²) in [5.41, 5.74) is 2.68. The number of hydrogen-bond acceptors (Lipinski definition) is 1. The van der Waals surface area contributed by atoms with E-state index in [0.29, 0.717) is 6.17 Å². The van der Waals surface area contributed by atoms with Gasteiger partial charge in [-0.25, -0.2) is 0 Å². The van der Waals surface area contributed by atoms with Crippen molar-refractivity contribution in [2.24, 2.45) is 0 Å². The van der Waals surface area contributed by atoms with Crippen molar-refractivity contribution in [2.75, 3.05) is 14.1 Å². The Labute approximate surface area is 266 Å². The van der Waals surface area contributed by atoms with E-state index in [2.05, 4.69) is 85.1 Å². The van der Waals surface area contributed by atoms with Crippen LogP contribution in [0.15, 0.2) is 54.6 Å². The first-order valence-electron chi connectivity index (χ1n) is 18.7. The molecule has 0 fully saturated rings. The van der Waals surface area contributed by atoms with Gasteiger partial charge in [0.05, 0.1) is 0 Å². The van der Waals surface area contributed by atoms with Crippen molar-refractivity contribution >= 4 is 21.8 Å². The number of aromatic nitrogens is 1. The van der Waals surface area contributed by atoms with Crippen LogP contribution in [0.4, 0.5) is 0 Å². The highest BCUT2D eigenvalue weighted by atomic mass is 15.3. The van der Waals surface area contributed by atoms with Crippen LogP contribution >= 0.6 is 0 Å². The van der Waals surface area contributed by atoms with Crippen LogP contribution in [0.3, 0.4) is 0 Å². The first kappa shape index (κ1) is 35.5. The van der Waals surface area contributed by atoms with E-state index in [1.54, 1.807) is 0 Å². The highest BCUT2D eigenvalue weighted by molar-refractivity contribution is 5.88. The molecule has 1 atom stereocenters. The molecule has 1 heterocycles. The minimum atomic E-state index is 0.380. The molecule has 2 aromatic carbocycles. The van der Waals surface area contributed by atoms with Crippen molar-refractivity contribution in [3.05, 3.63) is 54.6 Å². The number of fused-ring (bicyclic) bond motifs is 2. The number of benzene rings is 2. The number of nitrogens with zero attached hydrogens (tertiary/aromatic N) is 2. The summed E-state index contributed by atoms with van der Waals surface area (Å²) in [5.74, 6) is 0. The molecule has 0 saturated heterocycles. The van der Waals surface area contributed by atoms with E-state index >= 15 is 0 Å². The fourth-order valence-electron chi connectivity index (χ4n) is 7.01. The fourth-order valence-corrected chi connectivity index (χ4v) is 7.01. The topological polar surface area (TPSA) is 7.12 Å². The quantitative estimate of drug-likeness (QED) is 0.0514. The van der Waals surface area contributed by atoms with Gasteiger partial charge >= 0.3 is 0 Å². The summed E-state index contributed by atoms with van der Waals surface area (Å²) in [6.45, 7) is 2.31. The molecule has 2 nitrogen and oxygen atoms in total. The third-order valence-electron chi connectivity index (χ3n) is 9.66. The van der Waals surface area contributed by atoms with Gasteiger partial charge in [-0.15, -0.1) is 0 Å². The third kappa shape index (κ3) is 13.7. The van der Waals surface area contributed by atoms with Gasteiger partial charge in [0.1, 0.15) is 0 Å². The second-order valence-corrected chi connectivity index (χ2v) is 13.6. The summed E-state index contributed by atoms with van der Waals surface area (Å²) in [6, 6.07) is 20.1. The molecule has 0 aliphatic heterocycles. The van der Waals surface area contributed by atoms with Gasteiger partial charge in [0.2, 0.25) is 17.2 Å². The van der Waals surface area contributed by atoms with Gasteiger partial charge in [0, 0.05) is 29.3 Å². The lowest BCUT2D eigenvalue weighted by Crippen LogP contribution is -2.48. The highest BCUT2D eigenvalue weighted by Crippen LogP contribution is 2.24. The summed E-state index contributed by atoms with van der Waals surface area (Å²) in [4.78, 5) is 2.41. The van der Waals surface area contributed by atoms with Crippen LogP contribution in [0.25, 0.3) is 21.8 Å². The molecular formula is C41H67N2+. The monoisotopic (exact) mass is 588 g/mol. The van der Waals surface area contributed by atoms with Crippen molar-refractivity contribution in [1.29, 1.82) is 0 Å². The molecule has 2 heteroatoms. The summed E-state index contributed by atoms with van der Waals surface area (Å²) in [7, 11) is 4.49. The van der Waals surface area contributed by atoms with Crippen LogP contribution in [0.5, 0.6) is 0 Å². The van der Waals surface area contributed by atoms with E-state index < -0.39 is 0 Å². The Hall–Kier alpha value is -1.93. The zero-order chi connectivity index (χ0) is 30.4. The van der Waals surface area contributed by atoms with Gasteiger partial charge < -0.3 is 0 Å². The Morgan fingerprint density at radius 1 is 0.465 bits per heavy atom. The average molecular weight is 588 g/mol. The lowest BCUT2D eigenvalue weighted by Gasteiger charge is -2.22. The van der Waals surface area contributed by atoms with Gasteiger partial charge in [-0.05, 0) is 38.7 Å². The number of para-hydroxylation sites is 2. The molecule has 240 valence electrons. The van der Waals surface area contributed by atoms with Crippen LogP contribution in [0.2, 0.25) is 0 Å². The van der Waals surface area contributed by atoms with Gasteiger partial charge in [0.15, 0.2) is 0 Å². The van der Waals surface area contributed by atoms with Crippen LogP contribution < -0.4 is 4.57 Å². The maximum absolute atomic E-state index is 2.59. The lowest BCUT2D eigenvalue weighted by molar-refractivity contribution is -0.696. The van der Waals surface area contributed by atoms with Gasteiger partial charge in [-0.3, -0.25) is 4.90 Å². The second kappa shape index (κ2) is 22.6. The fraction of sp³-hybridized carbons (Fsp3) is 0.683. The number of hydrogen-bond donors (Lipinski definition) is 0. The predicted octanol–water partition coefficient (Wildman–Crippen LogP) is 12.7. The van der Waals surface area contributed by atoms with Crippen LogP contribution in [0.1, 0.15) is 167 Å². The molecule has 1 unspecified atom stereocenters. The van der Waals surface area contributed by atoms with E-state index in [1.807, 2.05) is 0 Å². The van der Waals surface area contributed by atoms with Gasteiger partial charge in [-0.2, -0.15) is 4.57 Å². The molecule has 0 saturated carbocycles. The van der Waals surface area contributed by atoms with E-state index in [1.165, 1.54) is 176 Å². The Morgan fingerprint density at radius 2 is 0.791 bits per heavy atom. The number of rotatable bonds is 26. The van der Waals surface area contributed by atoms with Crippen LogP contribution in [-0.4, -0.2) is 19.0 Å². The standard InChI is InChI=1S/C41H67N2/c1-4-5-6-7-8-9-10-11-12-13-14-15-16-17-18-19-20-21-22-23-24-25-26-35-41(42(2)3)43-39-33-29-27-31-37(39)36-38-32-28-30-34-40(38)43/h27-34,36,41H,4-26,35H2,1-3H3/q+1. The van der Waals surface area contributed by atoms with Gasteiger partial charge in [0.25, 0.3) is 0 Å². The van der Waals surface area contributed by atoms with Crippen molar-refractivity contribution < 1.29 is 4.57 Å². The average Bonchev–Trinajstić information content (AvgIpc) is 3.02. The summed E-state index contributed by atoms with van der Waals surface area (Å²) in [5, 5.41) is 2.66. The summed E-state index contributed by atoms with van der Waals surface area (Å²) < 4.78 is 2.59. The lowest BCUT2D eigenvalue weighted by atomic mass is 10.0. The largest absolute Gasteiger partial charge is 0.251 e. The molecule has 3 aromatic rings. The molecule has 0 N–H and O–H groups in total. The molecule has 0 amide bonds. The maximum atomic E-state index is 2.59. The van der Waals surface area contributed by atoms with Crippen LogP contribution in [0, 0.1) is 0 Å². The molecule has 0 aliphatic rings. The van der Waals surface area contributed by atoms with E-state index in [0.717, 1.165) is 0 Å². The maximum Gasteiger partial charge on any atom is 0.215 e. The Balaban J connectivity index is 1.17. The molecule has 0 aliphatic carbocycles. The molecule has 0 radical (unpaired) electrons. The van der Waals surface area contributed by atoms with E-state index in [9.17, 15) is 0 Å². The van der Waals surface area contributed by atoms with Crippen LogP contribution in [-0.2, 0) is 0 Å². The predicted molar refractivity (Wildman–Crippen MR) is 191 cm³/mol. The normalized spacial score (nSPS) is 12.6. The minimum Gasteiger partial charge on any atom is -0.251 e. The highest BCUT2D eigenvalue weighted by Gasteiger charge is 2.26. The van der Waals surface area contributed by atoms with E-state index in [4.69, 9.17) is 0 Å². The smallest absolute Gasteiger partial charge is 0.215 e. The Morgan fingerprint density at radius 3 is 1.14 bits per heavy atom. The van der Waals surface area contributed by atoms with Crippen molar-refractivity contribution in [3.63, 3.8) is 0 Å². The zero-order valence-electron chi connectivity index (χ0n) is 28.6. The molecule has 1 aromatic heterocycles. The Kier molecular flexibility index (Phi) is 18.6. The number of unbranched alkanes of at least 4 members (excludes halogenated alkanes) is 22. The SMILES string of the molecule is CCCCCCCCCCCCCCCCCCCCCCCCCC(N(C)C)[n+]1c2ccccc2cc2ccccc21. The number of pyridine rings is 1. The molecule has 0 bridgehead atoms. The zero-order valence-corrected chi connectivity index (χ0v) is 28.6. The Bertz CT molecular complexity index is 1050. The molecule has 43 heavy (non-hydrogen) atoms. The first-order valence-corrected chi connectivity index (χ1v) is 18.7. The first-order chi connectivity index (χ1) is 21.2. The molecule has 3 rings (SSSR count). The summed E-state index contributed by atoms with van der Waals surface area (Å²) in [6.07, 6.45) is 34.8. The minimum absolute atomic E-state index is 0.380. The van der Waals surface area contributed by atoms with E-state index in [-0.39, 0.29) is 0 Å². The molecular weight excluding hydrogens is 520 g/mol. The van der Waals surface area contributed by atoms with Crippen molar-refractivity contribution in [3.8, 4) is 0 Å². The summed E-state index contributed by atoms with van der Waals surface area (Å²) >= 11 is 0. The van der Waals surface area contributed by atoms with Crippen molar-refractivity contribution in [1.82, 2.24) is 4.90 Å². The third-order valence-corrected chi connectivity index (χ3v) is 9.66.